The lowest BCUT2D eigenvalue weighted by Gasteiger charge is -2.20. The fourth-order valence-electron chi connectivity index (χ4n) is 1.50. The number of phenolic OH excluding ortho intramolecular Hbond substituents is 1. The monoisotopic (exact) mass is 237 g/mol. The van der Waals surface area contributed by atoms with Gasteiger partial charge in [-0.25, -0.2) is 0 Å². The highest BCUT2D eigenvalue weighted by Gasteiger charge is 2.18. The van der Waals surface area contributed by atoms with Crippen LogP contribution in [0.15, 0.2) is 18.2 Å². The van der Waals surface area contributed by atoms with Crippen molar-refractivity contribution < 1.29 is 15.0 Å². The molecule has 1 aromatic rings. The van der Waals surface area contributed by atoms with Gasteiger partial charge in [0.1, 0.15) is 5.75 Å². The molecule has 1 unspecified atom stereocenters. The Morgan fingerprint density at radius 2 is 2.06 bits per heavy atom. The maximum absolute atomic E-state index is 11.9. The Hall–Kier alpha value is -1.55. The summed E-state index contributed by atoms with van der Waals surface area (Å²) in [5.74, 6) is -0.275. The van der Waals surface area contributed by atoms with E-state index in [4.69, 9.17) is 5.11 Å². The van der Waals surface area contributed by atoms with Crippen LogP contribution >= 0.6 is 0 Å². The number of carbonyl (C=O) groups excluding carboxylic acids is 1. The first-order valence-electron chi connectivity index (χ1n) is 5.67. The van der Waals surface area contributed by atoms with E-state index in [0.717, 1.165) is 5.56 Å². The van der Waals surface area contributed by atoms with E-state index in [0.29, 0.717) is 0 Å². The molecule has 0 saturated carbocycles. The third-order valence-electron chi connectivity index (χ3n) is 2.71. The number of aryl methyl sites for hydroxylation is 1. The zero-order chi connectivity index (χ0) is 13.0. The molecule has 0 aliphatic heterocycles. The summed E-state index contributed by atoms with van der Waals surface area (Å²) in [5, 5.41) is 21.4. The summed E-state index contributed by atoms with van der Waals surface area (Å²) < 4.78 is 0. The largest absolute Gasteiger partial charge is 0.507 e. The van der Waals surface area contributed by atoms with E-state index in [-0.39, 0.29) is 35.8 Å². The second-order valence-corrected chi connectivity index (χ2v) is 4.53. The lowest BCUT2D eigenvalue weighted by Crippen LogP contribution is -2.41. The Morgan fingerprint density at radius 3 is 2.59 bits per heavy atom. The Balaban J connectivity index is 2.86. The van der Waals surface area contributed by atoms with Crippen molar-refractivity contribution >= 4 is 5.91 Å². The van der Waals surface area contributed by atoms with Crippen molar-refractivity contribution in [2.75, 3.05) is 6.61 Å². The first-order valence-corrected chi connectivity index (χ1v) is 5.67. The first kappa shape index (κ1) is 13.5. The van der Waals surface area contributed by atoms with Gasteiger partial charge in [-0.15, -0.1) is 0 Å². The van der Waals surface area contributed by atoms with Crippen molar-refractivity contribution in [3.8, 4) is 5.75 Å². The highest BCUT2D eigenvalue weighted by molar-refractivity contribution is 5.97. The van der Waals surface area contributed by atoms with E-state index >= 15 is 0 Å². The Kier molecular flexibility index (Phi) is 4.52. The van der Waals surface area contributed by atoms with Crippen molar-refractivity contribution in [2.24, 2.45) is 5.92 Å². The second kappa shape index (κ2) is 5.68. The number of amides is 1. The Labute approximate surface area is 101 Å². The van der Waals surface area contributed by atoms with E-state index in [1.807, 2.05) is 20.8 Å². The molecule has 17 heavy (non-hydrogen) atoms. The molecule has 0 heterocycles. The average molecular weight is 237 g/mol. The van der Waals surface area contributed by atoms with Crippen molar-refractivity contribution in [3.05, 3.63) is 29.3 Å². The molecule has 1 amide bonds. The second-order valence-electron chi connectivity index (χ2n) is 4.53. The number of phenols is 1. The summed E-state index contributed by atoms with van der Waals surface area (Å²) in [7, 11) is 0. The maximum atomic E-state index is 11.9. The van der Waals surface area contributed by atoms with Gasteiger partial charge in [-0.05, 0) is 25.0 Å². The highest BCUT2D eigenvalue weighted by Crippen LogP contribution is 2.18. The molecule has 0 spiro atoms. The number of aliphatic hydroxyl groups is 1. The van der Waals surface area contributed by atoms with E-state index in [2.05, 4.69) is 5.32 Å². The van der Waals surface area contributed by atoms with Crippen molar-refractivity contribution in [3.63, 3.8) is 0 Å². The third-order valence-corrected chi connectivity index (χ3v) is 2.71. The van der Waals surface area contributed by atoms with E-state index in [9.17, 15) is 9.90 Å². The minimum Gasteiger partial charge on any atom is -0.507 e. The van der Waals surface area contributed by atoms with Gasteiger partial charge in [0.25, 0.3) is 5.91 Å². The molecular weight excluding hydrogens is 218 g/mol. The van der Waals surface area contributed by atoms with Crippen molar-refractivity contribution in [1.82, 2.24) is 5.32 Å². The number of aromatic hydroxyl groups is 1. The summed E-state index contributed by atoms with van der Waals surface area (Å²) >= 11 is 0. The average Bonchev–Trinajstić information content (AvgIpc) is 2.28. The van der Waals surface area contributed by atoms with Crippen LogP contribution in [0, 0.1) is 12.8 Å². The molecule has 4 nitrogen and oxygen atoms in total. The van der Waals surface area contributed by atoms with Crippen molar-refractivity contribution in [2.45, 2.75) is 26.8 Å². The van der Waals surface area contributed by atoms with Crippen LogP contribution in [0.2, 0.25) is 0 Å². The van der Waals surface area contributed by atoms with Crippen LogP contribution in [0.1, 0.15) is 29.8 Å². The molecule has 94 valence electrons. The fourth-order valence-corrected chi connectivity index (χ4v) is 1.50. The van der Waals surface area contributed by atoms with Crippen LogP contribution in [-0.2, 0) is 0 Å². The van der Waals surface area contributed by atoms with Crippen LogP contribution in [0.4, 0.5) is 0 Å². The van der Waals surface area contributed by atoms with Crippen molar-refractivity contribution in [1.29, 1.82) is 0 Å². The molecule has 0 aromatic heterocycles. The van der Waals surface area contributed by atoms with Crippen LogP contribution < -0.4 is 5.32 Å². The number of hydrogen-bond acceptors (Lipinski definition) is 3. The number of nitrogens with one attached hydrogen (secondary N) is 1. The highest BCUT2D eigenvalue weighted by atomic mass is 16.3. The van der Waals surface area contributed by atoms with E-state index in [1.165, 1.54) is 6.07 Å². The summed E-state index contributed by atoms with van der Waals surface area (Å²) in [4.78, 5) is 11.9. The SMILES string of the molecule is Cc1ccc(O)c(C(=O)NC(CO)C(C)C)c1. The predicted octanol–water partition coefficient (Wildman–Crippen LogP) is 1.45. The number of carbonyl (C=O) groups is 1. The Morgan fingerprint density at radius 1 is 1.41 bits per heavy atom. The maximum Gasteiger partial charge on any atom is 0.255 e. The number of hydrogen-bond donors (Lipinski definition) is 3. The molecule has 1 atom stereocenters. The molecule has 4 heteroatoms. The van der Waals surface area contributed by atoms with Gasteiger partial charge in [0.2, 0.25) is 0 Å². The molecule has 0 aliphatic rings. The lowest BCUT2D eigenvalue weighted by molar-refractivity contribution is 0.0894. The molecular formula is C13H19NO3. The smallest absolute Gasteiger partial charge is 0.255 e. The lowest BCUT2D eigenvalue weighted by atomic mass is 10.0. The predicted molar refractivity (Wildman–Crippen MR) is 66.0 cm³/mol. The van der Waals surface area contributed by atoms with Gasteiger partial charge in [-0.3, -0.25) is 4.79 Å². The summed E-state index contributed by atoms with van der Waals surface area (Å²) in [5.41, 5.74) is 1.14. The Bertz CT molecular complexity index is 402. The summed E-state index contributed by atoms with van der Waals surface area (Å²) in [6.45, 7) is 5.56. The number of aliphatic hydroxyl groups excluding tert-OH is 1. The quantitative estimate of drug-likeness (QED) is 0.742. The molecule has 0 aliphatic carbocycles. The summed E-state index contributed by atoms with van der Waals surface area (Å²) in [6, 6.07) is 4.55. The van der Waals surface area contributed by atoms with Gasteiger partial charge in [0.05, 0.1) is 18.2 Å². The molecule has 0 saturated heterocycles. The molecule has 1 rings (SSSR count). The minimum absolute atomic E-state index is 0.0476. The molecule has 1 aromatic carbocycles. The van der Waals surface area contributed by atoms with Crippen LogP contribution in [0.5, 0.6) is 5.75 Å². The molecule has 3 N–H and O–H groups in total. The number of benzene rings is 1. The molecule has 0 bridgehead atoms. The van der Waals surface area contributed by atoms with E-state index < -0.39 is 0 Å². The van der Waals surface area contributed by atoms with E-state index in [1.54, 1.807) is 12.1 Å². The third kappa shape index (κ3) is 3.46. The first-order chi connectivity index (χ1) is 7.95. The standard InChI is InChI=1S/C13H19NO3/c1-8(2)11(7-15)14-13(17)10-6-9(3)4-5-12(10)16/h4-6,8,11,15-16H,7H2,1-3H3,(H,14,17). The van der Waals surface area contributed by atoms with Gasteiger partial charge >= 0.3 is 0 Å². The van der Waals surface area contributed by atoms with Gasteiger partial charge in [0, 0.05) is 0 Å². The van der Waals surface area contributed by atoms with Crippen LogP contribution in [-0.4, -0.2) is 28.8 Å². The zero-order valence-electron chi connectivity index (χ0n) is 10.4. The van der Waals surface area contributed by atoms with Gasteiger partial charge in [0.15, 0.2) is 0 Å². The zero-order valence-corrected chi connectivity index (χ0v) is 10.4. The topological polar surface area (TPSA) is 69.6 Å². The fraction of sp³-hybridized carbons (Fsp3) is 0.462. The van der Waals surface area contributed by atoms with Gasteiger partial charge in [-0.1, -0.05) is 25.5 Å². The number of rotatable bonds is 4. The van der Waals surface area contributed by atoms with Crippen LogP contribution in [0.25, 0.3) is 0 Å². The normalized spacial score (nSPS) is 12.5. The van der Waals surface area contributed by atoms with Gasteiger partial charge in [-0.2, -0.15) is 0 Å². The molecule has 0 radical (unpaired) electrons. The molecule has 0 fully saturated rings. The van der Waals surface area contributed by atoms with Crippen LogP contribution in [0.3, 0.4) is 0 Å². The minimum atomic E-state index is -0.362. The van der Waals surface area contributed by atoms with Gasteiger partial charge < -0.3 is 15.5 Å². The summed E-state index contributed by atoms with van der Waals surface area (Å²) in [6.07, 6.45) is 0.